The standard InChI is InChI=1S/C13H18BrFN2O2S/c1-16(2)10-4-3-7-17(9-10)20(18,19)11-5-6-12(14)13(15)8-11/h5-6,8,10H,3-4,7,9H2,1-2H3. The molecule has 1 atom stereocenters. The summed E-state index contributed by atoms with van der Waals surface area (Å²) in [6.45, 7) is 0.942. The highest BCUT2D eigenvalue weighted by atomic mass is 79.9. The number of hydrogen-bond donors (Lipinski definition) is 0. The van der Waals surface area contributed by atoms with E-state index in [9.17, 15) is 12.8 Å². The van der Waals surface area contributed by atoms with Gasteiger partial charge in [-0.05, 0) is 61.1 Å². The highest BCUT2D eigenvalue weighted by Gasteiger charge is 2.31. The first-order valence-electron chi connectivity index (χ1n) is 6.44. The quantitative estimate of drug-likeness (QED) is 0.826. The first-order valence-corrected chi connectivity index (χ1v) is 8.67. The van der Waals surface area contributed by atoms with E-state index in [1.54, 1.807) is 0 Å². The Morgan fingerprint density at radius 1 is 1.40 bits per heavy atom. The molecule has 0 bridgehead atoms. The molecule has 7 heteroatoms. The first-order chi connectivity index (χ1) is 9.32. The maximum absolute atomic E-state index is 13.5. The number of hydrogen-bond acceptors (Lipinski definition) is 3. The van der Waals surface area contributed by atoms with Gasteiger partial charge in [0.15, 0.2) is 0 Å². The lowest BCUT2D eigenvalue weighted by molar-refractivity contribution is 0.190. The van der Waals surface area contributed by atoms with Crippen molar-refractivity contribution < 1.29 is 12.8 Å². The van der Waals surface area contributed by atoms with E-state index >= 15 is 0 Å². The number of rotatable bonds is 3. The average molecular weight is 365 g/mol. The zero-order valence-corrected chi connectivity index (χ0v) is 13.9. The lowest BCUT2D eigenvalue weighted by Gasteiger charge is -2.35. The monoisotopic (exact) mass is 364 g/mol. The Bertz CT molecular complexity index is 592. The second-order valence-electron chi connectivity index (χ2n) is 5.20. The van der Waals surface area contributed by atoms with E-state index in [2.05, 4.69) is 15.9 Å². The third-order valence-electron chi connectivity index (χ3n) is 3.62. The second-order valence-corrected chi connectivity index (χ2v) is 7.99. The van der Waals surface area contributed by atoms with Crippen LogP contribution in [0.1, 0.15) is 12.8 Å². The van der Waals surface area contributed by atoms with Crippen LogP contribution in [0, 0.1) is 5.82 Å². The molecule has 1 saturated heterocycles. The van der Waals surface area contributed by atoms with E-state index in [1.165, 1.54) is 16.4 Å². The molecule has 1 aromatic carbocycles. The van der Waals surface area contributed by atoms with Crippen molar-refractivity contribution in [2.75, 3.05) is 27.2 Å². The molecule has 1 aromatic rings. The van der Waals surface area contributed by atoms with Crippen LogP contribution in [-0.4, -0.2) is 50.8 Å². The zero-order valence-electron chi connectivity index (χ0n) is 11.5. The molecule has 0 amide bonds. The number of nitrogens with zero attached hydrogens (tertiary/aromatic N) is 2. The largest absolute Gasteiger partial charge is 0.305 e. The third-order valence-corrected chi connectivity index (χ3v) is 6.12. The summed E-state index contributed by atoms with van der Waals surface area (Å²) in [7, 11) is 0.267. The van der Waals surface area contributed by atoms with Crippen molar-refractivity contribution in [2.24, 2.45) is 0 Å². The van der Waals surface area contributed by atoms with Crippen molar-refractivity contribution in [3.05, 3.63) is 28.5 Å². The van der Waals surface area contributed by atoms with Crippen LogP contribution < -0.4 is 0 Å². The number of sulfonamides is 1. The predicted molar refractivity (Wildman–Crippen MR) is 79.6 cm³/mol. The molecule has 20 heavy (non-hydrogen) atoms. The molecular formula is C13H18BrFN2O2S. The maximum Gasteiger partial charge on any atom is 0.243 e. The number of benzene rings is 1. The van der Waals surface area contributed by atoms with Gasteiger partial charge < -0.3 is 4.90 Å². The van der Waals surface area contributed by atoms with Crippen LogP contribution in [0.25, 0.3) is 0 Å². The summed E-state index contributed by atoms with van der Waals surface area (Å²) in [5, 5.41) is 0. The van der Waals surface area contributed by atoms with E-state index in [0.29, 0.717) is 13.1 Å². The Labute approximate surface area is 127 Å². The molecule has 4 nitrogen and oxygen atoms in total. The van der Waals surface area contributed by atoms with Gasteiger partial charge in [0.2, 0.25) is 10.0 Å². The average Bonchev–Trinajstić information content (AvgIpc) is 2.42. The van der Waals surface area contributed by atoms with Gasteiger partial charge in [0, 0.05) is 19.1 Å². The van der Waals surface area contributed by atoms with Gasteiger partial charge in [-0.25, -0.2) is 12.8 Å². The summed E-state index contributed by atoms with van der Waals surface area (Å²) in [4.78, 5) is 2.04. The van der Waals surface area contributed by atoms with E-state index in [-0.39, 0.29) is 15.4 Å². The van der Waals surface area contributed by atoms with Gasteiger partial charge in [0.1, 0.15) is 5.82 Å². The summed E-state index contributed by atoms with van der Waals surface area (Å²) in [6, 6.07) is 4.13. The highest BCUT2D eigenvalue weighted by molar-refractivity contribution is 9.10. The normalized spacial score (nSPS) is 21.4. The van der Waals surface area contributed by atoms with Gasteiger partial charge in [0.05, 0.1) is 9.37 Å². The van der Waals surface area contributed by atoms with Crippen LogP contribution in [0.4, 0.5) is 4.39 Å². The van der Waals surface area contributed by atoms with Crippen molar-refractivity contribution in [3.8, 4) is 0 Å². The maximum atomic E-state index is 13.5. The van der Waals surface area contributed by atoms with Gasteiger partial charge in [-0.2, -0.15) is 4.31 Å². The molecule has 0 radical (unpaired) electrons. The minimum absolute atomic E-state index is 0.0117. The van der Waals surface area contributed by atoms with Gasteiger partial charge in [0.25, 0.3) is 0 Å². The Morgan fingerprint density at radius 3 is 2.70 bits per heavy atom. The summed E-state index contributed by atoms with van der Waals surface area (Å²) >= 11 is 3.03. The number of likely N-dealkylation sites (N-methyl/N-ethyl adjacent to an activating group) is 1. The van der Waals surface area contributed by atoms with Crippen molar-refractivity contribution in [2.45, 2.75) is 23.8 Å². The molecule has 0 spiro atoms. The van der Waals surface area contributed by atoms with E-state index < -0.39 is 15.8 Å². The van der Waals surface area contributed by atoms with Crippen LogP contribution in [0.3, 0.4) is 0 Å². The van der Waals surface area contributed by atoms with Gasteiger partial charge in [-0.1, -0.05) is 0 Å². The zero-order chi connectivity index (χ0) is 14.9. The predicted octanol–water partition coefficient (Wildman–Crippen LogP) is 2.30. The smallest absolute Gasteiger partial charge is 0.243 e. The molecular weight excluding hydrogens is 347 g/mol. The minimum atomic E-state index is -3.62. The molecule has 2 rings (SSSR count). The van der Waals surface area contributed by atoms with E-state index in [4.69, 9.17) is 0 Å². The van der Waals surface area contributed by atoms with Crippen molar-refractivity contribution in [3.63, 3.8) is 0 Å². The minimum Gasteiger partial charge on any atom is -0.305 e. The molecule has 0 N–H and O–H groups in total. The molecule has 1 heterocycles. The summed E-state index contributed by atoms with van der Waals surface area (Å²) in [5.41, 5.74) is 0. The van der Waals surface area contributed by atoms with Crippen LogP contribution in [-0.2, 0) is 10.0 Å². The highest BCUT2D eigenvalue weighted by Crippen LogP contribution is 2.25. The van der Waals surface area contributed by atoms with Crippen LogP contribution >= 0.6 is 15.9 Å². The Hall–Kier alpha value is -0.500. The lowest BCUT2D eigenvalue weighted by atomic mass is 10.1. The fourth-order valence-corrected chi connectivity index (χ4v) is 4.12. The van der Waals surface area contributed by atoms with Crippen molar-refractivity contribution in [1.29, 1.82) is 0 Å². The molecule has 1 fully saturated rings. The summed E-state index contributed by atoms with van der Waals surface area (Å²) in [5.74, 6) is -0.563. The van der Waals surface area contributed by atoms with Gasteiger partial charge in [-0.15, -0.1) is 0 Å². The molecule has 1 aliphatic heterocycles. The van der Waals surface area contributed by atoms with Crippen molar-refractivity contribution in [1.82, 2.24) is 9.21 Å². The Morgan fingerprint density at radius 2 is 2.10 bits per heavy atom. The fourth-order valence-electron chi connectivity index (χ4n) is 2.35. The molecule has 0 saturated carbocycles. The van der Waals surface area contributed by atoms with E-state index in [1.807, 2.05) is 19.0 Å². The SMILES string of the molecule is CN(C)C1CCCN(S(=O)(=O)c2ccc(Br)c(F)c2)C1. The molecule has 1 aliphatic rings. The molecule has 112 valence electrons. The number of piperidine rings is 1. The summed E-state index contributed by atoms with van der Waals surface area (Å²) < 4.78 is 40.3. The Kier molecular flexibility index (Phi) is 4.84. The Balaban J connectivity index is 2.27. The van der Waals surface area contributed by atoms with E-state index in [0.717, 1.165) is 18.9 Å². The van der Waals surface area contributed by atoms with Crippen LogP contribution in [0.15, 0.2) is 27.6 Å². The lowest BCUT2D eigenvalue weighted by Crippen LogP contribution is -2.47. The topological polar surface area (TPSA) is 40.6 Å². The third kappa shape index (κ3) is 3.21. The first kappa shape index (κ1) is 15.9. The van der Waals surface area contributed by atoms with Crippen molar-refractivity contribution >= 4 is 26.0 Å². The molecule has 1 unspecified atom stereocenters. The van der Waals surface area contributed by atoms with Gasteiger partial charge >= 0.3 is 0 Å². The fraction of sp³-hybridized carbons (Fsp3) is 0.538. The molecule has 0 aliphatic carbocycles. The summed E-state index contributed by atoms with van der Waals surface area (Å²) in [6.07, 6.45) is 1.80. The van der Waals surface area contributed by atoms with Gasteiger partial charge in [-0.3, -0.25) is 0 Å². The van der Waals surface area contributed by atoms with Crippen LogP contribution in [0.2, 0.25) is 0 Å². The number of halogens is 2. The van der Waals surface area contributed by atoms with Crippen LogP contribution in [0.5, 0.6) is 0 Å². The second kappa shape index (κ2) is 6.09. The molecule has 0 aromatic heterocycles.